The van der Waals surface area contributed by atoms with Crippen molar-refractivity contribution in [2.24, 2.45) is 0 Å². The normalized spacial score (nSPS) is 26.7. The second-order valence-electron chi connectivity index (χ2n) is 2.70. The number of aliphatic carboxylic acids is 1. The molecule has 0 saturated carbocycles. The molecule has 0 amide bonds. The van der Waals surface area contributed by atoms with E-state index in [1.807, 2.05) is 0 Å². The van der Waals surface area contributed by atoms with Crippen LogP contribution in [0.2, 0.25) is 0 Å². The molecule has 0 aromatic carbocycles. The number of aliphatic hydroxyl groups excluding tert-OH is 1. The van der Waals surface area contributed by atoms with Crippen molar-refractivity contribution in [3.63, 3.8) is 0 Å². The Balaban J connectivity index is 2.73. The lowest BCUT2D eigenvalue weighted by molar-refractivity contribution is -0.138. The van der Waals surface area contributed by atoms with E-state index in [2.05, 4.69) is 8.92 Å². The minimum Gasteiger partial charge on any atom is -0.484 e. The maximum absolute atomic E-state index is 10.4. The third-order valence-corrected chi connectivity index (χ3v) is 2.05. The highest BCUT2D eigenvalue weighted by molar-refractivity contribution is 7.80. The number of aliphatic hydroxyl groups is 1. The number of carboxylic acids is 1. The summed E-state index contributed by atoms with van der Waals surface area (Å²) in [5.74, 6) is -1.89. The van der Waals surface area contributed by atoms with Gasteiger partial charge in [-0.1, -0.05) is 0 Å². The fraction of sp³-hybridized carbons (Fsp3) is 0.500. The zero-order valence-electron chi connectivity index (χ0n) is 7.23. The fourth-order valence-electron chi connectivity index (χ4n) is 0.955. The van der Waals surface area contributed by atoms with Gasteiger partial charge in [-0.25, -0.2) is 8.98 Å². The van der Waals surface area contributed by atoms with Crippen molar-refractivity contribution in [2.75, 3.05) is 6.61 Å². The highest BCUT2D eigenvalue weighted by Crippen LogP contribution is 2.15. The van der Waals surface area contributed by atoms with Crippen molar-refractivity contribution < 1.29 is 36.9 Å². The standard InChI is InChI=1S/C6H8O8S/c7-3-1-4(6(8)9)13-2-5(3)14-15(10,11)12/h1,3,5,7H,2H2,(H,8,9)(H,10,11,12)/t3-,5-/m1/s1. The maximum Gasteiger partial charge on any atom is 0.397 e. The van der Waals surface area contributed by atoms with Crippen molar-refractivity contribution in [3.05, 3.63) is 11.8 Å². The zero-order valence-corrected chi connectivity index (χ0v) is 8.05. The summed E-state index contributed by atoms with van der Waals surface area (Å²) in [6.07, 6.45) is -2.06. The van der Waals surface area contributed by atoms with Crippen LogP contribution in [0.15, 0.2) is 11.8 Å². The lowest BCUT2D eigenvalue weighted by Gasteiger charge is -2.24. The first-order valence-electron chi connectivity index (χ1n) is 3.71. The van der Waals surface area contributed by atoms with E-state index in [-0.39, 0.29) is 0 Å². The Labute approximate surface area is 84.7 Å². The number of hydrogen-bond donors (Lipinski definition) is 3. The molecule has 0 saturated heterocycles. The molecule has 2 atom stereocenters. The average Bonchev–Trinajstić information content (AvgIpc) is 2.05. The van der Waals surface area contributed by atoms with Gasteiger partial charge in [0.1, 0.15) is 18.8 Å². The van der Waals surface area contributed by atoms with E-state index in [1.165, 1.54) is 0 Å². The molecule has 0 unspecified atom stereocenters. The van der Waals surface area contributed by atoms with Crippen LogP contribution in [-0.2, 0) is 24.1 Å². The molecule has 0 aromatic rings. The summed E-state index contributed by atoms with van der Waals surface area (Å²) in [7, 11) is -4.71. The van der Waals surface area contributed by atoms with Crippen LogP contribution in [0.5, 0.6) is 0 Å². The Morgan fingerprint density at radius 3 is 2.60 bits per heavy atom. The van der Waals surface area contributed by atoms with E-state index < -0.39 is 40.9 Å². The molecular weight excluding hydrogens is 232 g/mol. The Kier molecular flexibility index (Phi) is 3.29. The second kappa shape index (κ2) is 4.14. The zero-order chi connectivity index (χ0) is 11.6. The van der Waals surface area contributed by atoms with E-state index in [9.17, 15) is 18.3 Å². The molecule has 15 heavy (non-hydrogen) atoms. The first-order valence-corrected chi connectivity index (χ1v) is 5.08. The molecule has 0 aliphatic carbocycles. The molecule has 1 heterocycles. The number of carbonyl (C=O) groups is 1. The predicted octanol–water partition coefficient (Wildman–Crippen LogP) is -1.47. The molecule has 3 N–H and O–H groups in total. The lowest BCUT2D eigenvalue weighted by Crippen LogP contribution is -2.38. The molecule has 0 fully saturated rings. The van der Waals surface area contributed by atoms with Gasteiger partial charge < -0.3 is 14.9 Å². The van der Waals surface area contributed by atoms with Crippen LogP contribution in [0, 0.1) is 0 Å². The minimum atomic E-state index is -4.71. The highest BCUT2D eigenvalue weighted by atomic mass is 32.3. The molecule has 0 spiro atoms. The van der Waals surface area contributed by atoms with Crippen molar-refractivity contribution in [3.8, 4) is 0 Å². The molecular formula is C6H8O8S. The summed E-state index contributed by atoms with van der Waals surface area (Å²) in [6.45, 7) is -0.487. The first-order chi connectivity index (χ1) is 6.79. The molecule has 0 radical (unpaired) electrons. The van der Waals surface area contributed by atoms with Gasteiger partial charge in [-0.15, -0.1) is 0 Å². The van der Waals surface area contributed by atoms with Crippen LogP contribution in [0.25, 0.3) is 0 Å². The Hall–Kier alpha value is -1.16. The molecule has 86 valence electrons. The van der Waals surface area contributed by atoms with E-state index in [0.29, 0.717) is 0 Å². The maximum atomic E-state index is 10.4. The smallest absolute Gasteiger partial charge is 0.397 e. The van der Waals surface area contributed by atoms with Crippen LogP contribution in [0.1, 0.15) is 0 Å². The first kappa shape index (κ1) is 11.9. The SMILES string of the molecule is O=C(O)C1=C[C@@H](O)[C@H](OS(=O)(=O)O)CO1. The van der Waals surface area contributed by atoms with Crippen molar-refractivity contribution in [2.45, 2.75) is 12.2 Å². The molecule has 1 aliphatic rings. The van der Waals surface area contributed by atoms with E-state index in [0.717, 1.165) is 6.08 Å². The van der Waals surface area contributed by atoms with Crippen molar-refractivity contribution >= 4 is 16.4 Å². The quantitative estimate of drug-likeness (QED) is 0.510. The summed E-state index contributed by atoms with van der Waals surface area (Å²) in [5, 5.41) is 17.7. The largest absolute Gasteiger partial charge is 0.484 e. The van der Waals surface area contributed by atoms with Gasteiger partial charge in [0.15, 0.2) is 0 Å². The van der Waals surface area contributed by atoms with E-state index >= 15 is 0 Å². The van der Waals surface area contributed by atoms with Crippen LogP contribution in [0.3, 0.4) is 0 Å². The second-order valence-corrected chi connectivity index (χ2v) is 3.75. The van der Waals surface area contributed by atoms with Crippen molar-refractivity contribution in [1.82, 2.24) is 0 Å². The Morgan fingerprint density at radius 2 is 2.20 bits per heavy atom. The number of ether oxygens (including phenoxy) is 1. The summed E-state index contributed by atoms with van der Waals surface area (Å²) in [4.78, 5) is 10.4. The van der Waals surface area contributed by atoms with Gasteiger partial charge in [-0.2, -0.15) is 8.42 Å². The third kappa shape index (κ3) is 3.47. The molecule has 0 bridgehead atoms. The third-order valence-electron chi connectivity index (χ3n) is 1.56. The predicted molar refractivity (Wildman–Crippen MR) is 44.1 cm³/mol. The van der Waals surface area contributed by atoms with E-state index in [1.54, 1.807) is 0 Å². The average molecular weight is 240 g/mol. The van der Waals surface area contributed by atoms with Gasteiger partial charge in [-0.05, 0) is 6.08 Å². The monoisotopic (exact) mass is 240 g/mol. The van der Waals surface area contributed by atoms with Gasteiger partial charge in [-0.3, -0.25) is 4.55 Å². The fourth-order valence-corrected chi connectivity index (χ4v) is 1.44. The molecule has 0 aromatic heterocycles. The van der Waals surface area contributed by atoms with Gasteiger partial charge >= 0.3 is 16.4 Å². The number of rotatable bonds is 3. The number of carboxylic acid groups (broad SMARTS) is 1. The topological polar surface area (TPSA) is 130 Å². The minimum absolute atomic E-state index is 0.487. The van der Waals surface area contributed by atoms with Gasteiger partial charge in [0, 0.05) is 0 Å². The van der Waals surface area contributed by atoms with Crippen LogP contribution in [-0.4, -0.2) is 48.0 Å². The summed E-state index contributed by atoms with van der Waals surface area (Å²) in [6, 6.07) is 0. The molecule has 8 nitrogen and oxygen atoms in total. The summed E-state index contributed by atoms with van der Waals surface area (Å²) >= 11 is 0. The van der Waals surface area contributed by atoms with E-state index in [4.69, 9.17) is 9.66 Å². The van der Waals surface area contributed by atoms with Crippen LogP contribution >= 0.6 is 0 Å². The Bertz CT molecular complexity index is 382. The molecule has 1 aliphatic heterocycles. The van der Waals surface area contributed by atoms with Crippen LogP contribution < -0.4 is 0 Å². The molecule has 1 rings (SSSR count). The van der Waals surface area contributed by atoms with Gasteiger partial charge in [0.2, 0.25) is 5.76 Å². The Morgan fingerprint density at radius 1 is 1.60 bits per heavy atom. The summed E-state index contributed by atoms with van der Waals surface area (Å²) in [5.41, 5.74) is 0. The molecule has 9 heteroatoms. The summed E-state index contributed by atoms with van der Waals surface area (Å²) < 4.78 is 37.5. The highest BCUT2D eigenvalue weighted by Gasteiger charge is 2.31. The van der Waals surface area contributed by atoms with Crippen molar-refractivity contribution in [1.29, 1.82) is 0 Å². The lowest BCUT2D eigenvalue weighted by atomic mass is 10.1. The van der Waals surface area contributed by atoms with Gasteiger partial charge in [0.25, 0.3) is 0 Å². The van der Waals surface area contributed by atoms with Gasteiger partial charge in [0.05, 0.1) is 0 Å². The van der Waals surface area contributed by atoms with Crippen LogP contribution in [0.4, 0.5) is 0 Å². The number of hydrogen-bond acceptors (Lipinski definition) is 6.